The second kappa shape index (κ2) is 6.83. The predicted molar refractivity (Wildman–Crippen MR) is 86.4 cm³/mol. The molecule has 1 heterocycles. The smallest absolute Gasteiger partial charge is 0.193 e. The largest absolute Gasteiger partial charge is 0.370 e. The fourth-order valence-corrected chi connectivity index (χ4v) is 3.56. The lowest BCUT2D eigenvalue weighted by Gasteiger charge is -2.33. The first-order valence-electron chi connectivity index (χ1n) is 8.26. The molecule has 1 unspecified atom stereocenters. The molecule has 1 aromatic carbocycles. The molecule has 1 aliphatic heterocycles. The van der Waals surface area contributed by atoms with E-state index in [1.54, 1.807) is 0 Å². The zero-order chi connectivity index (χ0) is 16.3. The van der Waals surface area contributed by atoms with E-state index < -0.39 is 11.6 Å². The van der Waals surface area contributed by atoms with E-state index in [0.29, 0.717) is 6.54 Å². The van der Waals surface area contributed by atoms with Gasteiger partial charge in [0.25, 0.3) is 0 Å². The minimum absolute atomic E-state index is 0.0117. The van der Waals surface area contributed by atoms with Gasteiger partial charge in [-0.3, -0.25) is 4.99 Å². The van der Waals surface area contributed by atoms with Gasteiger partial charge in [0, 0.05) is 6.07 Å². The average Bonchev–Trinajstić information content (AvgIpc) is 2.92. The predicted octanol–water partition coefficient (Wildman–Crippen LogP) is 3.57. The van der Waals surface area contributed by atoms with Crippen LogP contribution < -0.4 is 11.1 Å². The maximum Gasteiger partial charge on any atom is 0.193 e. The third-order valence-electron chi connectivity index (χ3n) is 4.76. The summed E-state index contributed by atoms with van der Waals surface area (Å²) in [7, 11) is 0. The lowest BCUT2D eigenvalue weighted by Crippen LogP contribution is -2.32. The Bertz CT molecular complexity index is 585. The molecule has 23 heavy (non-hydrogen) atoms. The van der Waals surface area contributed by atoms with Gasteiger partial charge in [-0.2, -0.15) is 0 Å². The maximum atomic E-state index is 13.5. The Hall–Kier alpha value is -1.69. The van der Waals surface area contributed by atoms with Crippen molar-refractivity contribution in [3.63, 3.8) is 0 Å². The Balaban J connectivity index is 1.54. The quantitative estimate of drug-likeness (QED) is 0.660. The Morgan fingerprint density at radius 3 is 2.83 bits per heavy atom. The van der Waals surface area contributed by atoms with Crippen LogP contribution in [0, 0.1) is 11.6 Å². The number of benzene rings is 1. The molecule has 6 heteroatoms. The Morgan fingerprint density at radius 1 is 1.26 bits per heavy atom. The molecule has 3 N–H and O–H groups in total. The van der Waals surface area contributed by atoms with E-state index in [9.17, 15) is 8.78 Å². The molecule has 1 aliphatic carbocycles. The van der Waals surface area contributed by atoms with Crippen molar-refractivity contribution in [2.45, 2.75) is 56.7 Å². The number of guanidine groups is 1. The van der Waals surface area contributed by atoms with Gasteiger partial charge in [0.2, 0.25) is 0 Å². The fourth-order valence-electron chi connectivity index (χ4n) is 3.56. The first kappa shape index (κ1) is 16.2. The van der Waals surface area contributed by atoms with Gasteiger partial charge in [0.05, 0.1) is 23.9 Å². The highest BCUT2D eigenvalue weighted by Gasteiger charge is 2.40. The molecular formula is C17H23F2N3O. The molecule has 3 rings (SSSR count). The van der Waals surface area contributed by atoms with Gasteiger partial charge in [-0.1, -0.05) is 19.3 Å². The van der Waals surface area contributed by atoms with Crippen molar-refractivity contribution in [3.8, 4) is 0 Å². The minimum Gasteiger partial charge on any atom is -0.370 e. The highest BCUT2D eigenvalue weighted by atomic mass is 19.1. The van der Waals surface area contributed by atoms with E-state index in [4.69, 9.17) is 10.5 Å². The number of hydrogen-bond donors (Lipinski definition) is 2. The first-order valence-corrected chi connectivity index (χ1v) is 8.26. The molecule has 0 radical (unpaired) electrons. The van der Waals surface area contributed by atoms with Crippen molar-refractivity contribution < 1.29 is 13.5 Å². The van der Waals surface area contributed by atoms with Gasteiger partial charge in [0.15, 0.2) is 5.96 Å². The van der Waals surface area contributed by atoms with Crippen molar-refractivity contribution in [2.24, 2.45) is 10.7 Å². The molecule has 1 atom stereocenters. The lowest BCUT2D eigenvalue weighted by atomic mass is 9.83. The first-order chi connectivity index (χ1) is 11.1. The summed E-state index contributed by atoms with van der Waals surface area (Å²) < 4.78 is 32.9. The van der Waals surface area contributed by atoms with Crippen molar-refractivity contribution in [1.82, 2.24) is 0 Å². The van der Waals surface area contributed by atoms with Crippen molar-refractivity contribution >= 4 is 11.6 Å². The molecule has 1 aromatic rings. The summed E-state index contributed by atoms with van der Waals surface area (Å²) in [5.74, 6) is -1.02. The number of hydrogen-bond acceptors (Lipinski definition) is 2. The van der Waals surface area contributed by atoms with E-state index in [0.717, 1.165) is 43.9 Å². The second-order valence-corrected chi connectivity index (χ2v) is 6.50. The molecule has 2 fully saturated rings. The van der Waals surface area contributed by atoms with Crippen LogP contribution in [0.4, 0.5) is 14.5 Å². The molecule has 1 spiro atoms. The third kappa shape index (κ3) is 3.99. The number of nitrogens with zero attached hydrogens (tertiary/aromatic N) is 1. The van der Waals surface area contributed by atoms with Gasteiger partial charge >= 0.3 is 0 Å². The number of nitrogens with one attached hydrogen (secondary N) is 1. The van der Waals surface area contributed by atoms with Gasteiger partial charge in [-0.15, -0.1) is 0 Å². The van der Waals surface area contributed by atoms with Crippen LogP contribution >= 0.6 is 0 Å². The Morgan fingerprint density at radius 2 is 2.04 bits per heavy atom. The van der Waals surface area contributed by atoms with Crippen LogP contribution in [0.15, 0.2) is 23.2 Å². The summed E-state index contributed by atoms with van der Waals surface area (Å²) in [5.41, 5.74) is 5.81. The summed E-state index contributed by atoms with van der Waals surface area (Å²) in [4.78, 5) is 4.22. The molecule has 4 nitrogen and oxygen atoms in total. The van der Waals surface area contributed by atoms with Crippen LogP contribution in [0.3, 0.4) is 0 Å². The lowest BCUT2D eigenvalue weighted by molar-refractivity contribution is -0.0598. The number of rotatable bonds is 3. The van der Waals surface area contributed by atoms with Crippen molar-refractivity contribution in [3.05, 3.63) is 29.8 Å². The van der Waals surface area contributed by atoms with Crippen LogP contribution in [0.25, 0.3) is 0 Å². The van der Waals surface area contributed by atoms with Gasteiger partial charge < -0.3 is 15.8 Å². The highest BCUT2D eigenvalue weighted by Crippen LogP contribution is 2.41. The topological polar surface area (TPSA) is 59.6 Å². The normalized spacial score (nSPS) is 24.1. The number of aliphatic imine (C=N–C) groups is 1. The standard InChI is InChI=1S/C17H23F2N3O/c18-12-4-5-14(19)15(10-12)22-16(20)21-11-13-6-9-17(23-13)7-2-1-3-8-17/h4-5,10,13H,1-3,6-9,11H2,(H3,20,21,22). The third-order valence-corrected chi connectivity index (χ3v) is 4.76. The molecule has 0 aromatic heterocycles. The van der Waals surface area contributed by atoms with Gasteiger partial charge in [-0.25, -0.2) is 8.78 Å². The molecule has 126 valence electrons. The number of anilines is 1. The van der Waals surface area contributed by atoms with E-state index >= 15 is 0 Å². The van der Waals surface area contributed by atoms with Crippen LogP contribution in [-0.4, -0.2) is 24.2 Å². The molecule has 0 amide bonds. The second-order valence-electron chi connectivity index (χ2n) is 6.50. The number of nitrogens with two attached hydrogens (primary N) is 1. The summed E-state index contributed by atoms with van der Waals surface area (Å²) in [6.07, 6.45) is 8.15. The molecule has 2 aliphatic rings. The summed E-state index contributed by atoms with van der Waals surface area (Å²) in [6.45, 7) is 0.442. The van der Waals surface area contributed by atoms with Crippen LogP contribution in [0.5, 0.6) is 0 Å². The average molecular weight is 323 g/mol. The van der Waals surface area contributed by atoms with Crippen molar-refractivity contribution in [2.75, 3.05) is 11.9 Å². The maximum absolute atomic E-state index is 13.5. The van der Waals surface area contributed by atoms with E-state index in [1.807, 2.05) is 0 Å². The zero-order valence-electron chi connectivity index (χ0n) is 13.2. The molecule has 1 saturated carbocycles. The molecular weight excluding hydrogens is 300 g/mol. The van der Waals surface area contributed by atoms with Crippen molar-refractivity contribution in [1.29, 1.82) is 0 Å². The number of ether oxygens (including phenoxy) is 1. The zero-order valence-corrected chi connectivity index (χ0v) is 13.2. The Labute approximate surface area is 135 Å². The summed E-state index contributed by atoms with van der Waals surface area (Å²) in [5, 5.41) is 2.60. The van der Waals surface area contributed by atoms with E-state index in [-0.39, 0.29) is 23.4 Å². The van der Waals surface area contributed by atoms with Crippen LogP contribution in [0.1, 0.15) is 44.9 Å². The summed E-state index contributed by atoms with van der Waals surface area (Å²) >= 11 is 0. The molecule has 0 bridgehead atoms. The van der Waals surface area contributed by atoms with Gasteiger partial charge in [0.1, 0.15) is 11.6 Å². The SMILES string of the molecule is NC(=NCC1CCC2(CCCCC2)O1)Nc1cc(F)ccc1F. The Kier molecular flexibility index (Phi) is 4.80. The van der Waals surface area contributed by atoms with Crippen LogP contribution in [-0.2, 0) is 4.74 Å². The fraction of sp³-hybridized carbons (Fsp3) is 0.588. The molecule has 1 saturated heterocycles. The number of halogens is 2. The van der Waals surface area contributed by atoms with E-state index in [1.165, 1.54) is 19.3 Å². The van der Waals surface area contributed by atoms with E-state index in [2.05, 4.69) is 10.3 Å². The minimum atomic E-state index is -0.567. The van der Waals surface area contributed by atoms with Crippen LogP contribution in [0.2, 0.25) is 0 Å². The highest BCUT2D eigenvalue weighted by molar-refractivity contribution is 5.92. The van der Waals surface area contributed by atoms with Gasteiger partial charge in [-0.05, 0) is 37.8 Å². The summed E-state index contributed by atoms with van der Waals surface area (Å²) in [6, 6.07) is 3.17. The monoisotopic (exact) mass is 323 g/mol.